The zero-order chi connectivity index (χ0) is 15.2. The monoisotopic (exact) mass is 299 g/mol. The summed E-state index contributed by atoms with van der Waals surface area (Å²) >= 11 is 0. The zero-order valence-electron chi connectivity index (χ0n) is 12.0. The maximum absolute atomic E-state index is 12.3. The molecule has 1 N–H and O–H groups in total. The molecule has 0 aliphatic rings. The second-order valence-corrected chi connectivity index (χ2v) is 7.05. The molecule has 1 rings (SSSR count). The van der Waals surface area contributed by atoms with Crippen LogP contribution in [-0.2, 0) is 19.4 Å². The number of esters is 1. The number of nitrogens with one attached hydrogen (secondary N) is 1. The van der Waals surface area contributed by atoms with Gasteiger partial charge in [-0.15, -0.1) is 0 Å². The van der Waals surface area contributed by atoms with E-state index in [9.17, 15) is 13.2 Å². The van der Waals surface area contributed by atoms with E-state index >= 15 is 0 Å². The van der Waals surface area contributed by atoms with Crippen LogP contribution in [0.4, 0.5) is 0 Å². The van der Waals surface area contributed by atoms with Crippen molar-refractivity contribution in [1.29, 1.82) is 0 Å². The average Bonchev–Trinajstić information content (AvgIpc) is 2.46. The number of methoxy groups -OCH3 is 1. The van der Waals surface area contributed by atoms with E-state index in [0.717, 1.165) is 5.56 Å². The maximum Gasteiger partial charge on any atom is 0.306 e. The van der Waals surface area contributed by atoms with Crippen LogP contribution in [0.3, 0.4) is 0 Å². The summed E-state index contributed by atoms with van der Waals surface area (Å²) in [6.45, 7) is 1.65. The second-order valence-electron chi connectivity index (χ2n) is 4.58. The molecule has 0 heterocycles. The lowest BCUT2D eigenvalue weighted by molar-refractivity contribution is -0.140. The Morgan fingerprint density at radius 2 is 1.90 bits per heavy atom. The first-order valence-electron chi connectivity index (χ1n) is 6.43. The molecule has 0 fully saturated rings. The Bertz CT molecular complexity index is 527. The molecule has 6 heteroatoms. The summed E-state index contributed by atoms with van der Waals surface area (Å²) in [7, 11) is -0.413. The largest absolute Gasteiger partial charge is 0.469 e. The Labute approximate surface area is 120 Å². The smallest absolute Gasteiger partial charge is 0.306 e. The lowest BCUT2D eigenvalue weighted by Gasteiger charge is -2.24. The molecule has 0 aliphatic carbocycles. The van der Waals surface area contributed by atoms with Crippen molar-refractivity contribution in [2.45, 2.75) is 24.6 Å². The van der Waals surface area contributed by atoms with Crippen molar-refractivity contribution >= 4 is 15.8 Å². The highest BCUT2D eigenvalue weighted by Crippen LogP contribution is 2.22. The lowest BCUT2D eigenvalue weighted by Crippen LogP contribution is -2.35. The Morgan fingerprint density at radius 3 is 2.40 bits per heavy atom. The van der Waals surface area contributed by atoms with E-state index in [-0.39, 0.29) is 18.2 Å². The molecule has 0 aromatic heterocycles. The Balaban J connectivity index is 2.85. The molecular weight excluding hydrogens is 278 g/mol. The first kappa shape index (κ1) is 16.7. The predicted molar refractivity (Wildman–Crippen MR) is 78.1 cm³/mol. The quantitative estimate of drug-likeness (QED) is 0.769. The summed E-state index contributed by atoms with van der Waals surface area (Å²) < 4.78 is 29.0. The Kier molecular flexibility index (Phi) is 6.16. The first-order valence-corrected chi connectivity index (χ1v) is 8.14. The predicted octanol–water partition coefficient (Wildman–Crippen LogP) is 1.31. The van der Waals surface area contributed by atoms with E-state index in [1.165, 1.54) is 7.11 Å². The number of rotatable bonds is 7. The molecule has 0 saturated heterocycles. The number of carbonyl (C=O) groups excluding carboxylic acids is 1. The van der Waals surface area contributed by atoms with E-state index in [2.05, 4.69) is 10.1 Å². The molecule has 0 bridgehead atoms. The van der Waals surface area contributed by atoms with E-state index in [1.807, 2.05) is 30.3 Å². The van der Waals surface area contributed by atoms with Crippen molar-refractivity contribution in [2.75, 3.05) is 19.9 Å². The zero-order valence-corrected chi connectivity index (χ0v) is 12.8. The number of hydrogen-bond donors (Lipinski definition) is 1. The van der Waals surface area contributed by atoms with Gasteiger partial charge in [-0.1, -0.05) is 30.3 Å². The first-order chi connectivity index (χ1) is 9.42. The van der Waals surface area contributed by atoms with Crippen LogP contribution in [0.25, 0.3) is 0 Å². The molecule has 0 radical (unpaired) electrons. The third kappa shape index (κ3) is 4.31. The molecular formula is C14H21NO4S. The Morgan fingerprint density at radius 1 is 1.30 bits per heavy atom. The number of hydrogen-bond acceptors (Lipinski definition) is 5. The highest BCUT2D eigenvalue weighted by Gasteiger charge is 2.29. The molecule has 0 amide bonds. The summed E-state index contributed by atoms with van der Waals surface area (Å²) in [6.07, 6.45) is -0.117. The van der Waals surface area contributed by atoms with Crippen LogP contribution in [0.5, 0.6) is 0 Å². The number of sulfone groups is 1. The van der Waals surface area contributed by atoms with Crippen molar-refractivity contribution in [3.8, 4) is 0 Å². The summed E-state index contributed by atoms with van der Waals surface area (Å²) in [6, 6.07) is 9.08. The summed E-state index contributed by atoms with van der Waals surface area (Å²) in [5.41, 5.74) is 0.907. The van der Waals surface area contributed by atoms with Gasteiger partial charge in [0.1, 0.15) is 0 Å². The Hall–Kier alpha value is -1.40. The molecule has 1 aromatic carbocycles. The van der Waals surface area contributed by atoms with Gasteiger partial charge in [0.05, 0.1) is 24.5 Å². The lowest BCUT2D eigenvalue weighted by atomic mass is 10.0. The maximum atomic E-state index is 12.3. The van der Waals surface area contributed by atoms with Gasteiger partial charge in [0.15, 0.2) is 9.84 Å². The van der Waals surface area contributed by atoms with Gasteiger partial charge in [-0.25, -0.2) is 8.42 Å². The minimum Gasteiger partial charge on any atom is -0.469 e. The molecule has 0 spiro atoms. The highest BCUT2D eigenvalue weighted by molar-refractivity contribution is 7.92. The number of carbonyl (C=O) groups is 1. The third-order valence-electron chi connectivity index (χ3n) is 3.32. The molecule has 112 valence electrons. The average molecular weight is 299 g/mol. The van der Waals surface area contributed by atoms with Crippen molar-refractivity contribution in [3.05, 3.63) is 35.9 Å². The molecule has 2 unspecified atom stereocenters. The van der Waals surface area contributed by atoms with Crippen LogP contribution in [0.1, 0.15) is 24.9 Å². The van der Waals surface area contributed by atoms with Gasteiger partial charge >= 0.3 is 5.97 Å². The molecule has 2 atom stereocenters. The topological polar surface area (TPSA) is 72.5 Å². The minimum absolute atomic E-state index is 0.117. The van der Waals surface area contributed by atoms with Crippen LogP contribution in [0.15, 0.2) is 30.3 Å². The SMILES string of the molecule is CNC(c1ccccc1)C(C)S(=O)(=O)CCC(=O)OC. The van der Waals surface area contributed by atoms with Crippen LogP contribution in [-0.4, -0.2) is 39.5 Å². The van der Waals surface area contributed by atoms with Gasteiger partial charge in [-0.3, -0.25) is 4.79 Å². The van der Waals surface area contributed by atoms with E-state index in [4.69, 9.17) is 0 Å². The van der Waals surface area contributed by atoms with Gasteiger partial charge in [0.2, 0.25) is 0 Å². The molecule has 1 aromatic rings. The van der Waals surface area contributed by atoms with E-state index in [1.54, 1.807) is 14.0 Å². The fourth-order valence-electron chi connectivity index (χ4n) is 2.05. The summed E-state index contributed by atoms with van der Waals surface area (Å²) in [5, 5.41) is 2.41. The number of ether oxygens (including phenoxy) is 1. The molecule has 0 saturated carbocycles. The van der Waals surface area contributed by atoms with Crippen LogP contribution < -0.4 is 5.32 Å². The van der Waals surface area contributed by atoms with E-state index in [0.29, 0.717) is 0 Å². The number of benzene rings is 1. The summed E-state index contributed by atoms with van der Waals surface area (Å²) in [5.74, 6) is -0.715. The standard InChI is InChI=1S/C14H21NO4S/c1-11(20(17,18)10-9-13(16)19-3)14(15-2)12-7-5-4-6-8-12/h4-8,11,14-15H,9-10H2,1-3H3. The van der Waals surface area contributed by atoms with Gasteiger partial charge in [0, 0.05) is 6.04 Å². The van der Waals surface area contributed by atoms with Crippen molar-refractivity contribution < 1.29 is 17.9 Å². The minimum atomic E-state index is -3.39. The summed E-state index contributed by atoms with van der Waals surface area (Å²) in [4.78, 5) is 11.1. The normalized spacial score (nSPS) is 14.6. The third-order valence-corrected chi connectivity index (χ3v) is 5.50. The van der Waals surface area contributed by atoms with Crippen molar-refractivity contribution in [3.63, 3.8) is 0 Å². The van der Waals surface area contributed by atoms with Crippen LogP contribution in [0.2, 0.25) is 0 Å². The van der Waals surface area contributed by atoms with E-state index < -0.39 is 21.1 Å². The van der Waals surface area contributed by atoms with Gasteiger partial charge in [-0.2, -0.15) is 0 Å². The van der Waals surface area contributed by atoms with Gasteiger partial charge < -0.3 is 10.1 Å². The molecule has 0 aliphatic heterocycles. The van der Waals surface area contributed by atoms with Crippen LogP contribution in [0, 0.1) is 0 Å². The van der Waals surface area contributed by atoms with Crippen LogP contribution >= 0.6 is 0 Å². The molecule has 5 nitrogen and oxygen atoms in total. The second kappa shape index (κ2) is 7.40. The van der Waals surface area contributed by atoms with Gasteiger partial charge in [-0.05, 0) is 19.5 Å². The highest BCUT2D eigenvalue weighted by atomic mass is 32.2. The fourth-order valence-corrected chi connectivity index (χ4v) is 3.58. The van der Waals surface area contributed by atoms with Crippen molar-refractivity contribution in [1.82, 2.24) is 5.32 Å². The van der Waals surface area contributed by atoms with Gasteiger partial charge in [0.25, 0.3) is 0 Å². The molecule has 20 heavy (non-hydrogen) atoms. The fraction of sp³-hybridized carbons (Fsp3) is 0.500. The van der Waals surface area contributed by atoms with Crippen molar-refractivity contribution in [2.24, 2.45) is 0 Å².